The molecule has 0 spiro atoms. The number of rotatable bonds is 10. The Morgan fingerprint density at radius 2 is 1.75 bits per heavy atom. The van der Waals surface area contributed by atoms with Gasteiger partial charge in [0, 0.05) is 5.92 Å². The van der Waals surface area contributed by atoms with Gasteiger partial charge in [0.15, 0.2) is 0 Å². The molecule has 3 N–H and O–H groups in total. The Bertz CT molecular complexity index is 572. The third-order valence-electron chi connectivity index (χ3n) is 4.60. The van der Waals surface area contributed by atoms with Crippen molar-refractivity contribution in [1.29, 1.82) is 0 Å². The van der Waals surface area contributed by atoms with Gasteiger partial charge < -0.3 is 10.2 Å². The summed E-state index contributed by atoms with van der Waals surface area (Å²) in [6.45, 7) is 3.20. The first-order valence-corrected chi connectivity index (χ1v) is 9.07. The normalized spacial score (nSPS) is 16.7. The lowest BCUT2D eigenvalue weighted by atomic mass is 9.84. The number of aliphatic carboxylic acids is 2. The van der Waals surface area contributed by atoms with Crippen LogP contribution in [0.1, 0.15) is 51.0 Å². The van der Waals surface area contributed by atoms with Gasteiger partial charge >= 0.3 is 20.0 Å². The van der Waals surface area contributed by atoms with Crippen LogP contribution in [0, 0.1) is 5.92 Å². The molecule has 0 saturated carbocycles. The van der Waals surface area contributed by atoms with Gasteiger partial charge in [0.05, 0.1) is 6.42 Å². The smallest absolute Gasteiger partial charge is 0.481 e. The van der Waals surface area contributed by atoms with Crippen molar-refractivity contribution in [1.82, 2.24) is 0 Å². The van der Waals surface area contributed by atoms with Crippen LogP contribution in [0.4, 0.5) is 0 Å². The molecule has 1 rings (SSSR count). The van der Waals surface area contributed by atoms with Gasteiger partial charge in [-0.1, -0.05) is 43.7 Å². The maximum atomic E-state index is 11.6. The number of carboxylic acid groups (broad SMARTS) is 2. The van der Waals surface area contributed by atoms with Gasteiger partial charge in [0.25, 0.3) is 5.16 Å². The summed E-state index contributed by atoms with van der Waals surface area (Å²) in [5.41, 5.74) is 1.15. The summed E-state index contributed by atoms with van der Waals surface area (Å²) in [4.78, 5) is 32.0. The van der Waals surface area contributed by atoms with Crippen LogP contribution in [0.15, 0.2) is 30.3 Å². The zero-order chi connectivity index (χ0) is 18.3. The molecule has 1 aromatic rings. The lowest BCUT2D eigenvalue weighted by molar-refractivity contribution is -0.143. The molecule has 4 unspecified atom stereocenters. The number of carbonyl (C=O) groups is 2. The van der Waals surface area contributed by atoms with Crippen LogP contribution < -0.4 is 0 Å². The fourth-order valence-electron chi connectivity index (χ4n) is 2.82. The molecular weight excluding hydrogens is 331 g/mol. The van der Waals surface area contributed by atoms with E-state index in [2.05, 4.69) is 0 Å². The number of hydrogen-bond donors (Lipinski definition) is 3. The van der Waals surface area contributed by atoms with E-state index in [1.807, 2.05) is 37.3 Å². The molecule has 0 bridgehead atoms. The molecule has 132 valence electrons. The van der Waals surface area contributed by atoms with Crippen LogP contribution in [0.5, 0.6) is 0 Å². The van der Waals surface area contributed by atoms with Gasteiger partial charge in [-0.25, -0.2) is 4.79 Å². The average molecular weight is 355 g/mol. The molecule has 6 nitrogen and oxygen atoms in total. The molecule has 7 heteroatoms. The van der Waals surface area contributed by atoms with Gasteiger partial charge in [-0.2, -0.15) is 4.89 Å². The Balaban J connectivity index is 2.78. The van der Waals surface area contributed by atoms with Crippen molar-refractivity contribution in [3.05, 3.63) is 35.9 Å². The first-order valence-electron chi connectivity index (χ1n) is 7.86. The van der Waals surface area contributed by atoms with Crippen LogP contribution in [0.2, 0.25) is 0 Å². The summed E-state index contributed by atoms with van der Waals surface area (Å²) in [6, 6.07) is 9.82. The SMILES string of the molecule is CC(CCCC(CC(=O)O)C(C)(C(=O)O)[P+](=O)O)c1ccccc1. The van der Waals surface area contributed by atoms with E-state index in [0.717, 1.165) is 18.9 Å². The third-order valence-corrected chi connectivity index (χ3v) is 5.96. The van der Waals surface area contributed by atoms with E-state index in [1.165, 1.54) is 0 Å². The Morgan fingerprint density at radius 1 is 1.17 bits per heavy atom. The van der Waals surface area contributed by atoms with Crippen molar-refractivity contribution in [2.24, 2.45) is 5.92 Å². The van der Waals surface area contributed by atoms with Crippen molar-refractivity contribution in [3.8, 4) is 0 Å². The topological polar surface area (TPSA) is 112 Å². The average Bonchev–Trinajstić information content (AvgIpc) is 2.53. The quantitative estimate of drug-likeness (QED) is 0.553. The molecule has 0 radical (unpaired) electrons. The summed E-state index contributed by atoms with van der Waals surface area (Å²) >= 11 is 0. The molecule has 0 aliphatic heterocycles. The standard InChI is InChI=1S/C17H23O6P/c1-12(13-8-4-3-5-9-13)7-6-10-14(11-15(18)19)17(2,16(20)21)24(22)23/h3-5,8-9,12,14H,6-7,10-11H2,1-2H3,(H2-,18,19,20,21,22,23)/p+1. The van der Waals surface area contributed by atoms with Crippen molar-refractivity contribution >= 4 is 20.0 Å². The summed E-state index contributed by atoms with van der Waals surface area (Å²) < 4.78 is 11.6. The van der Waals surface area contributed by atoms with Crippen LogP contribution in [-0.4, -0.2) is 32.2 Å². The van der Waals surface area contributed by atoms with Gasteiger partial charge in [0.2, 0.25) is 0 Å². The van der Waals surface area contributed by atoms with E-state index < -0.39 is 37.5 Å². The second kappa shape index (κ2) is 8.90. The van der Waals surface area contributed by atoms with Crippen LogP contribution in [0.25, 0.3) is 0 Å². The highest BCUT2D eigenvalue weighted by atomic mass is 31.1. The van der Waals surface area contributed by atoms with Gasteiger partial charge in [-0.3, -0.25) is 4.79 Å². The molecule has 1 aromatic carbocycles. The molecule has 0 saturated heterocycles. The van der Waals surface area contributed by atoms with Gasteiger partial charge in [-0.05, 0) is 35.8 Å². The maximum absolute atomic E-state index is 11.6. The summed E-state index contributed by atoms with van der Waals surface area (Å²) in [5.74, 6) is -3.26. The summed E-state index contributed by atoms with van der Waals surface area (Å²) in [7, 11) is -3.04. The van der Waals surface area contributed by atoms with Gasteiger partial charge in [0.1, 0.15) is 0 Å². The van der Waals surface area contributed by atoms with Crippen molar-refractivity contribution in [2.45, 2.75) is 50.6 Å². The molecule has 0 aliphatic carbocycles. The number of benzene rings is 1. The molecule has 0 aromatic heterocycles. The zero-order valence-corrected chi connectivity index (χ0v) is 14.8. The predicted molar refractivity (Wildman–Crippen MR) is 90.3 cm³/mol. The Labute approximate surface area is 142 Å². The van der Waals surface area contributed by atoms with Crippen molar-refractivity contribution in [3.63, 3.8) is 0 Å². The van der Waals surface area contributed by atoms with Gasteiger partial charge in [-0.15, -0.1) is 0 Å². The Hall–Kier alpha value is -1.78. The van der Waals surface area contributed by atoms with Crippen molar-refractivity contribution in [2.75, 3.05) is 0 Å². The molecule has 0 fully saturated rings. The molecule has 0 heterocycles. The lowest BCUT2D eigenvalue weighted by Gasteiger charge is -2.23. The lowest BCUT2D eigenvalue weighted by Crippen LogP contribution is -2.41. The predicted octanol–water partition coefficient (Wildman–Crippen LogP) is 3.63. The fourth-order valence-corrected chi connectivity index (χ4v) is 3.52. The highest BCUT2D eigenvalue weighted by Gasteiger charge is 2.58. The maximum Gasteiger partial charge on any atom is 0.523 e. The minimum atomic E-state index is -3.04. The number of hydrogen-bond acceptors (Lipinski definition) is 3. The van der Waals surface area contributed by atoms with E-state index in [4.69, 9.17) is 5.11 Å². The second-order valence-corrected chi connectivity index (χ2v) is 7.74. The fraction of sp³-hybridized carbons (Fsp3) is 0.529. The zero-order valence-electron chi connectivity index (χ0n) is 13.9. The highest BCUT2D eigenvalue weighted by Crippen LogP contribution is 2.45. The van der Waals surface area contributed by atoms with Crippen LogP contribution >= 0.6 is 8.03 Å². The first-order chi connectivity index (χ1) is 11.2. The van der Waals surface area contributed by atoms with Crippen molar-refractivity contribution < 1.29 is 29.3 Å². The summed E-state index contributed by atoms with van der Waals surface area (Å²) in [6.07, 6.45) is 1.16. The Kier molecular flexibility index (Phi) is 7.52. The van der Waals surface area contributed by atoms with E-state index in [1.54, 1.807) is 0 Å². The van der Waals surface area contributed by atoms with E-state index in [0.29, 0.717) is 6.42 Å². The highest BCUT2D eigenvalue weighted by molar-refractivity contribution is 7.41. The largest absolute Gasteiger partial charge is 0.523 e. The van der Waals surface area contributed by atoms with Crippen LogP contribution in [-0.2, 0) is 14.2 Å². The number of carboxylic acids is 2. The third kappa shape index (κ3) is 5.11. The van der Waals surface area contributed by atoms with E-state index in [-0.39, 0.29) is 12.3 Å². The second-order valence-electron chi connectivity index (χ2n) is 6.26. The minimum Gasteiger partial charge on any atom is -0.481 e. The van der Waals surface area contributed by atoms with E-state index >= 15 is 0 Å². The Morgan fingerprint density at radius 3 is 2.21 bits per heavy atom. The molecule has 4 atom stereocenters. The molecular formula is C17H24O6P+. The summed E-state index contributed by atoms with van der Waals surface area (Å²) in [5, 5.41) is 16.4. The van der Waals surface area contributed by atoms with E-state index in [9.17, 15) is 24.2 Å². The molecule has 24 heavy (non-hydrogen) atoms. The molecule has 0 aliphatic rings. The monoisotopic (exact) mass is 355 g/mol. The first kappa shape index (κ1) is 20.3. The minimum absolute atomic E-state index is 0.246. The van der Waals surface area contributed by atoms with Crippen LogP contribution in [0.3, 0.4) is 0 Å². The molecule has 0 amide bonds.